The summed E-state index contributed by atoms with van der Waals surface area (Å²) < 4.78 is 0. The van der Waals surface area contributed by atoms with Gasteiger partial charge in [0.2, 0.25) is 0 Å². The molecule has 3 aromatic rings. The van der Waals surface area contributed by atoms with Crippen LogP contribution in [0.3, 0.4) is 0 Å². The zero-order valence-corrected chi connectivity index (χ0v) is 21.9. The van der Waals surface area contributed by atoms with E-state index in [2.05, 4.69) is 70.2 Å². The zero-order valence-electron chi connectivity index (χ0n) is 16.9. The van der Waals surface area contributed by atoms with E-state index in [-0.39, 0.29) is 51.0 Å². The quantitative estimate of drug-likeness (QED) is 0.337. The van der Waals surface area contributed by atoms with Crippen LogP contribution in [-0.4, -0.2) is 8.07 Å². The van der Waals surface area contributed by atoms with Crippen molar-refractivity contribution in [2.24, 2.45) is 0 Å². The van der Waals surface area contributed by atoms with Crippen LogP contribution in [0.5, 0.6) is 0 Å². The first kappa shape index (κ1) is 23.7. The molecule has 0 spiro atoms. The van der Waals surface area contributed by atoms with E-state index in [0.717, 1.165) is 6.42 Å². The van der Waals surface area contributed by atoms with E-state index < -0.39 is 8.07 Å². The molecular weight excluding hydrogens is 478 g/mol. The van der Waals surface area contributed by atoms with Gasteiger partial charge in [-0.1, -0.05) is 88.9 Å². The molecular formula is C24H25Cl2SiZr. The van der Waals surface area contributed by atoms with Crippen molar-refractivity contribution < 1.29 is 51.0 Å². The SMILES string of the molecule is CC[Si]1(CC)c2c(C)c(C3=CC=CC3)c3[cH-]c4cc(C)ccc4c3c21.[Cl-].[Cl-].[Zr+3]. The van der Waals surface area contributed by atoms with Crippen molar-refractivity contribution >= 4 is 45.6 Å². The molecule has 5 rings (SSSR count). The Morgan fingerprint density at radius 2 is 1.75 bits per heavy atom. The smallest absolute Gasteiger partial charge is 1.00 e. The Labute approximate surface area is 200 Å². The van der Waals surface area contributed by atoms with E-state index in [1.165, 1.54) is 39.4 Å². The van der Waals surface area contributed by atoms with Crippen LogP contribution in [-0.2, 0) is 26.2 Å². The molecule has 0 saturated carbocycles. The third kappa shape index (κ3) is 2.99. The Hall–Kier alpha value is -0.530. The fourth-order valence-corrected chi connectivity index (χ4v) is 10.5. The van der Waals surface area contributed by atoms with Gasteiger partial charge in [0.15, 0.2) is 0 Å². The Morgan fingerprint density at radius 3 is 2.36 bits per heavy atom. The third-order valence-corrected chi connectivity index (χ3v) is 12.0. The van der Waals surface area contributed by atoms with Gasteiger partial charge in [0.25, 0.3) is 0 Å². The largest absolute Gasteiger partial charge is 3.00 e. The minimum absolute atomic E-state index is 0. The molecule has 1 radical (unpaired) electrons. The van der Waals surface area contributed by atoms with Crippen LogP contribution in [0.1, 0.15) is 37.0 Å². The number of allylic oxidation sites excluding steroid dienone is 4. The first-order chi connectivity index (χ1) is 12.1. The maximum Gasteiger partial charge on any atom is 3.00 e. The van der Waals surface area contributed by atoms with E-state index in [0.29, 0.717) is 0 Å². The molecule has 28 heavy (non-hydrogen) atoms. The first-order valence-corrected chi connectivity index (χ1v) is 12.1. The second-order valence-corrected chi connectivity index (χ2v) is 12.5. The topological polar surface area (TPSA) is 0 Å². The van der Waals surface area contributed by atoms with E-state index in [4.69, 9.17) is 0 Å². The molecule has 0 saturated heterocycles. The van der Waals surface area contributed by atoms with Gasteiger partial charge in [-0.25, -0.2) is 0 Å². The van der Waals surface area contributed by atoms with Crippen LogP contribution in [0.2, 0.25) is 12.1 Å². The normalized spacial score (nSPS) is 15.5. The van der Waals surface area contributed by atoms with Gasteiger partial charge in [-0.2, -0.15) is 0 Å². The maximum absolute atomic E-state index is 2.47. The third-order valence-electron chi connectivity index (χ3n) is 6.76. The molecule has 0 nitrogen and oxygen atoms in total. The second-order valence-electron chi connectivity index (χ2n) is 7.89. The van der Waals surface area contributed by atoms with Gasteiger partial charge >= 0.3 is 26.2 Å². The molecule has 0 atom stereocenters. The summed E-state index contributed by atoms with van der Waals surface area (Å²) in [6.07, 6.45) is 7.94. The summed E-state index contributed by atoms with van der Waals surface area (Å²) in [4.78, 5) is 0. The van der Waals surface area contributed by atoms with E-state index in [9.17, 15) is 0 Å². The van der Waals surface area contributed by atoms with Crippen molar-refractivity contribution in [1.29, 1.82) is 0 Å². The predicted molar refractivity (Wildman–Crippen MR) is 114 cm³/mol. The fraction of sp³-hybridized carbons (Fsp3) is 0.292. The van der Waals surface area contributed by atoms with Crippen molar-refractivity contribution in [3.8, 4) is 0 Å². The Morgan fingerprint density at radius 1 is 1.04 bits per heavy atom. The summed E-state index contributed by atoms with van der Waals surface area (Å²) >= 11 is 0. The maximum atomic E-state index is 2.47. The number of rotatable bonds is 3. The van der Waals surface area contributed by atoms with Crippen LogP contribution >= 0.6 is 0 Å². The van der Waals surface area contributed by atoms with Gasteiger partial charge in [-0.15, -0.1) is 33.7 Å². The number of hydrogen-bond donors (Lipinski definition) is 0. The predicted octanol–water partition coefficient (Wildman–Crippen LogP) is -0.406. The number of fused-ring (bicyclic) bond motifs is 5. The van der Waals surface area contributed by atoms with Gasteiger partial charge < -0.3 is 24.8 Å². The number of aryl methyl sites for hydroxylation is 1. The molecule has 0 amide bonds. The summed E-state index contributed by atoms with van der Waals surface area (Å²) in [6, 6.07) is 12.2. The van der Waals surface area contributed by atoms with Crippen LogP contribution < -0.4 is 35.2 Å². The summed E-state index contributed by atoms with van der Waals surface area (Å²) in [5.41, 5.74) is 6.02. The van der Waals surface area contributed by atoms with Crippen molar-refractivity contribution in [2.75, 3.05) is 0 Å². The molecule has 0 unspecified atom stereocenters. The summed E-state index contributed by atoms with van der Waals surface area (Å²) in [7, 11) is -1.37. The minimum atomic E-state index is -1.37. The van der Waals surface area contributed by atoms with Crippen LogP contribution in [0, 0.1) is 13.8 Å². The molecule has 143 valence electrons. The number of benzene rings is 2. The molecule has 1 heterocycles. The first-order valence-electron chi connectivity index (χ1n) is 9.65. The fourth-order valence-electron chi connectivity index (χ4n) is 5.47. The van der Waals surface area contributed by atoms with Crippen molar-refractivity contribution in [3.63, 3.8) is 0 Å². The van der Waals surface area contributed by atoms with Crippen LogP contribution in [0.25, 0.3) is 27.1 Å². The molecule has 1 aliphatic carbocycles. The van der Waals surface area contributed by atoms with Gasteiger partial charge in [-0.05, 0) is 20.3 Å². The summed E-state index contributed by atoms with van der Waals surface area (Å²) in [5, 5.41) is 9.62. The molecule has 0 fully saturated rings. The van der Waals surface area contributed by atoms with E-state index in [1.54, 1.807) is 26.9 Å². The zero-order chi connectivity index (χ0) is 17.3. The van der Waals surface area contributed by atoms with Crippen molar-refractivity contribution in [3.05, 3.63) is 59.2 Å². The Bertz CT molecular complexity index is 1120. The average molecular weight is 504 g/mol. The van der Waals surface area contributed by atoms with Crippen molar-refractivity contribution in [1.82, 2.24) is 0 Å². The van der Waals surface area contributed by atoms with E-state index >= 15 is 0 Å². The summed E-state index contributed by atoms with van der Waals surface area (Å²) in [5.74, 6) is 0. The molecule has 2 aliphatic rings. The van der Waals surface area contributed by atoms with E-state index in [1.807, 2.05) is 0 Å². The minimum Gasteiger partial charge on any atom is -1.00 e. The van der Waals surface area contributed by atoms with Crippen molar-refractivity contribution in [2.45, 2.75) is 46.2 Å². The van der Waals surface area contributed by atoms with Gasteiger partial charge in [0, 0.05) is 0 Å². The molecule has 4 heteroatoms. The standard InChI is InChI=1S/C24H25Si.2ClH.Zr/c1-5-25(6-2)23-16(4)21(17-9-7-8-10-17)20-14-18-13-15(3)11-12-19(18)22(20)24(23)25;;;/h7-9,11-14H,5-6,10H2,1-4H3;2*1H;/q-1;;;+3/p-2. The Balaban J connectivity index is 0.000000934. The molecule has 0 aromatic heterocycles. The molecule has 0 N–H and O–H groups in total. The van der Waals surface area contributed by atoms with Crippen LogP contribution in [0.15, 0.2) is 42.5 Å². The Kier molecular flexibility index (Phi) is 7.04. The van der Waals surface area contributed by atoms with Gasteiger partial charge in [0.1, 0.15) is 8.07 Å². The molecule has 3 aromatic carbocycles. The van der Waals surface area contributed by atoms with Gasteiger partial charge in [0.05, 0.1) is 0 Å². The summed E-state index contributed by atoms with van der Waals surface area (Å²) in [6.45, 7) is 9.45. The number of hydrogen-bond acceptors (Lipinski definition) is 0. The molecule has 1 aliphatic heterocycles. The van der Waals surface area contributed by atoms with Gasteiger partial charge in [-0.3, -0.25) is 0 Å². The number of halogens is 2. The second kappa shape index (κ2) is 8.31. The van der Waals surface area contributed by atoms with Crippen LogP contribution in [0.4, 0.5) is 0 Å². The average Bonchev–Trinajstić information content (AvgIpc) is 2.91. The molecule has 0 bridgehead atoms. The monoisotopic (exact) mass is 501 g/mol.